The molecule has 1 fully saturated rings. The molecule has 18 nitrogen and oxygen atoms in total. The summed E-state index contributed by atoms with van der Waals surface area (Å²) >= 11 is 0. The summed E-state index contributed by atoms with van der Waals surface area (Å²) in [6.45, 7) is 4.13. The number of carbonyl (C=O) groups excluding carboxylic acids is 1. The van der Waals surface area contributed by atoms with Crippen molar-refractivity contribution >= 4 is 27.4 Å². The van der Waals surface area contributed by atoms with Crippen LogP contribution in [0.25, 0.3) is 0 Å². The number of nitrogens with zero attached hydrogens (tertiary/aromatic N) is 2. The predicted molar refractivity (Wildman–Crippen MR) is 255 cm³/mol. The van der Waals surface area contributed by atoms with Crippen LogP contribution in [0.1, 0.15) is 213 Å². The van der Waals surface area contributed by atoms with Gasteiger partial charge in [0.25, 0.3) is 0 Å². The molecule has 66 heavy (non-hydrogen) atoms. The number of phosphoric ester groups is 2. The highest BCUT2D eigenvalue weighted by atomic mass is 31.2. The van der Waals surface area contributed by atoms with Gasteiger partial charge in [0.15, 0.2) is 6.23 Å². The van der Waals surface area contributed by atoms with Gasteiger partial charge in [-0.2, -0.15) is 4.98 Å². The first-order valence-electron chi connectivity index (χ1n) is 25.1. The van der Waals surface area contributed by atoms with Gasteiger partial charge in [0.05, 0.1) is 19.8 Å². The quantitative estimate of drug-likeness (QED) is 0.0183. The van der Waals surface area contributed by atoms with E-state index < -0.39 is 58.6 Å². The molecule has 2 heterocycles. The fraction of sp³-hybridized carbons (Fsp3) is 0.891. The van der Waals surface area contributed by atoms with Crippen molar-refractivity contribution in [1.82, 2.24) is 9.55 Å². The Kier molecular flexibility index (Phi) is 36.8. The number of nitrogen functional groups attached to an aromatic ring is 1. The molecule has 0 amide bonds. The van der Waals surface area contributed by atoms with Crippen molar-refractivity contribution in [3.8, 4) is 0 Å². The van der Waals surface area contributed by atoms with E-state index in [1.54, 1.807) is 0 Å². The number of unbranched alkanes of at least 4 members (excludes halogenated alkanes) is 27. The summed E-state index contributed by atoms with van der Waals surface area (Å²) in [5.41, 5.74) is 4.52. The third kappa shape index (κ3) is 34.5. The fourth-order valence-corrected chi connectivity index (χ4v) is 8.38. The second-order valence-electron chi connectivity index (χ2n) is 17.6. The number of ether oxygens (including phenoxy) is 3. The van der Waals surface area contributed by atoms with Gasteiger partial charge < -0.3 is 49.7 Å². The van der Waals surface area contributed by atoms with Crippen molar-refractivity contribution in [2.75, 3.05) is 32.2 Å². The van der Waals surface area contributed by atoms with Crippen molar-refractivity contribution < 1.29 is 67.0 Å². The summed E-state index contributed by atoms with van der Waals surface area (Å²) in [5.74, 6) is -0.380. The minimum atomic E-state index is -4.74. The molecule has 1 aromatic rings. The maximum Gasteiger partial charge on any atom is 0.469 e. The molecule has 8 N–H and O–H groups in total. The van der Waals surface area contributed by atoms with Crippen LogP contribution in [0.2, 0.25) is 0 Å². The minimum Gasteiger partial charge on any atom is -0.457 e. The number of aliphatic hydroxyl groups is 2. The molecule has 0 aromatic carbocycles. The third-order valence-electron chi connectivity index (χ3n) is 11.5. The lowest BCUT2D eigenvalue weighted by atomic mass is 10.0. The van der Waals surface area contributed by atoms with Crippen LogP contribution in [-0.2, 0) is 37.2 Å². The van der Waals surface area contributed by atoms with E-state index in [1.807, 2.05) is 0 Å². The number of esters is 1. The lowest BCUT2D eigenvalue weighted by Crippen LogP contribution is -2.36. The number of aromatic nitrogens is 2. The van der Waals surface area contributed by atoms with E-state index in [2.05, 4.69) is 27.9 Å². The smallest absolute Gasteiger partial charge is 0.457 e. The average molecular weight is 986 g/mol. The molecule has 1 aliphatic rings. The molecule has 20 heteroatoms. The number of phosphoric acid groups is 2. The van der Waals surface area contributed by atoms with Gasteiger partial charge in [-0.15, -0.1) is 0 Å². The van der Waals surface area contributed by atoms with E-state index in [-0.39, 0.29) is 25.0 Å². The second-order valence-corrected chi connectivity index (χ2v) is 20.1. The van der Waals surface area contributed by atoms with Crippen LogP contribution in [0.4, 0.5) is 5.82 Å². The zero-order valence-electron chi connectivity index (χ0n) is 40.3. The van der Waals surface area contributed by atoms with Crippen molar-refractivity contribution in [3.63, 3.8) is 0 Å². The number of carbonyl (C=O) groups is 1. The van der Waals surface area contributed by atoms with E-state index >= 15 is 0 Å². The molecular weight excluding hydrogens is 896 g/mol. The molecule has 0 radical (unpaired) electrons. The molecule has 0 bridgehead atoms. The van der Waals surface area contributed by atoms with Crippen LogP contribution in [0, 0.1) is 0 Å². The van der Waals surface area contributed by atoms with Crippen molar-refractivity contribution in [2.45, 2.75) is 237 Å². The zero-order chi connectivity index (χ0) is 48.9. The highest BCUT2D eigenvalue weighted by Crippen LogP contribution is 2.38. The molecule has 1 aliphatic heterocycles. The molecule has 1 saturated heterocycles. The normalized spacial score (nSPS) is 18.0. The Morgan fingerprint density at radius 2 is 1.09 bits per heavy atom. The Labute approximate surface area is 395 Å². The average Bonchev–Trinajstić information content (AvgIpc) is 3.54. The number of hydrogen-bond donors (Lipinski definition) is 7. The lowest BCUT2D eigenvalue weighted by molar-refractivity contribution is -0.154. The Balaban J connectivity index is 0.000000853. The highest BCUT2D eigenvalue weighted by Gasteiger charge is 2.45. The number of anilines is 1. The molecule has 5 atom stereocenters. The summed E-state index contributed by atoms with van der Waals surface area (Å²) in [6.07, 6.45) is 32.3. The van der Waals surface area contributed by atoms with E-state index in [4.69, 9.17) is 39.5 Å². The van der Waals surface area contributed by atoms with Gasteiger partial charge in [0.2, 0.25) is 0 Å². The van der Waals surface area contributed by atoms with Gasteiger partial charge in [0.1, 0.15) is 30.2 Å². The summed E-state index contributed by atoms with van der Waals surface area (Å²) in [6, 6.07) is 1.29. The molecule has 1 aromatic heterocycles. The number of hydrogen-bond acceptors (Lipinski definition) is 13. The Hall–Kier alpha value is -1.79. The first-order chi connectivity index (χ1) is 31.6. The van der Waals surface area contributed by atoms with Crippen LogP contribution in [0.5, 0.6) is 0 Å². The highest BCUT2D eigenvalue weighted by molar-refractivity contribution is 7.46. The van der Waals surface area contributed by atoms with Gasteiger partial charge >= 0.3 is 27.3 Å². The minimum absolute atomic E-state index is 0.0225. The van der Waals surface area contributed by atoms with Crippen LogP contribution < -0.4 is 11.4 Å². The Morgan fingerprint density at radius 3 is 1.52 bits per heavy atom. The first kappa shape index (κ1) is 62.2. The second kappa shape index (κ2) is 39.0. The predicted octanol–water partition coefficient (Wildman–Crippen LogP) is 9.32. The molecular formula is C46H89N3O15P2. The standard InChI is InChI=1S/C37H75O7P.C9H14N3O8P/c1-3-5-7-9-11-13-15-17-18-19-21-23-25-27-29-31-33-42-34-36(35-43-45(39,40)41)44-37(38)32-30-28-26-24-22-20-16-14-12-10-8-6-4-2;10-5-1-2-12(9(15)11-5)8-7(14)6(13)4(20-8)3-19-21(16,17)18/h36H,3-35H2,1-2H3,(H2,39,40,41);1-2,4,6-8,13-14H,3H2,(H2,10,11,15)(H2,16,17,18)/t;4-,6-,7+,8-/m.1/s1. The zero-order valence-corrected chi connectivity index (χ0v) is 42.1. The number of aliphatic hydroxyl groups excluding tert-OH is 2. The monoisotopic (exact) mass is 986 g/mol. The number of nitrogens with two attached hydrogens (primary N) is 1. The maximum atomic E-state index is 12.3. The van der Waals surface area contributed by atoms with E-state index in [1.165, 1.54) is 166 Å². The van der Waals surface area contributed by atoms with Gasteiger partial charge in [-0.05, 0) is 18.9 Å². The van der Waals surface area contributed by atoms with Crippen molar-refractivity contribution in [3.05, 3.63) is 22.7 Å². The molecule has 2 rings (SSSR count). The topological polar surface area (TPSA) is 280 Å². The van der Waals surface area contributed by atoms with Crippen LogP contribution in [-0.4, -0.2) is 96.2 Å². The summed E-state index contributed by atoms with van der Waals surface area (Å²) < 4.78 is 47.9. The van der Waals surface area contributed by atoms with Crippen molar-refractivity contribution in [1.29, 1.82) is 0 Å². The SMILES string of the molecule is CCCCCCCCCCCCCCCCCCOCC(COP(=O)(O)O)OC(=O)CCCCCCCCCCCCCCC.Nc1ccn([C@@H]2O[C@H](COP(=O)(O)O)[C@@H](O)[C@@H]2O)c(=O)n1. The van der Waals surface area contributed by atoms with Crippen LogP contribution in [0.15, 0.2) is 17.1 Å². The van der Waals surface area contributed by atoms with Crippen molar-refractivity contribution in [2.24, 2.45) is 0 Å². The largest absolute Gasteiger partial charge is 0.469 e. The van der Waals surface area contributed by atoms with E-state index in [0.717, 1.165) is 36.7 Å². The first-order valence-corrected chi connectivity index (χ1v) is 28.2. The summed E-state index contributed by atoms with van der Waals surface area (Å²) in [4.78, 5) is 62.8. The van der Waals surface area contributed by atoms with E-state index in [9.17, 15) is 28.9 Å². The van der Waals surface area contributed by atoms with Crippen LogP contribution in [0.3, 0.4) is 0 Å². The van der Waals surface area contributed by atoms with Crippen LogP contribution >= 0.6 is 15.6 Å². The van der Waals surface area contributed by atoms with Gasteiger partial charge in [-0.25, -0.2) is 13.9 Å². The molecule has 0 spiro atoms. The Morgan fingerprint density at radius 1 is 0.667 bits per heavy atom. The molecule has 1 unspecified atom stereocenters. The summed E-state index contributed by atoms with van der Waals surface area (Å²) in [5, 5.41) is 19.6. The maximum absolute atomic E-state index is 12.3. The van der Waals surface area contributed by atoms with Gasteiger partial charge in [-0.1, -0.05) is 187 Å². The Bertz CT molecular complexity index is 1500. The van der Waals surface area contributed by atoms with Gasteiger partial charge in [0, 0.05) is 19.2 Å². The number of rotatable bonds is 41. The van der Waals surface area contributed by atoms with E-state index in [0.29, 0.717) is 13.0 Å². The summed E-state index contributed by atoms with van der Waals surface area (Å²) in [7, 11) is -9.38. The molecule has 388 valence electrons. The molecule has 0 saturated carbocycles. The molecule has 0 aliphatic carbocycles. The third-order valence-corrected chi connectivity index (χ3v) is 12.5. The lowest BCUT2D eigenvalue weighted by Gasteiger charge is -2.18. The van der Waals surface area contributed by atoms with Gasteiger partial charge in [-0.3, -0.25) is 18.4 Å². The fourth-order valence-electron chi connectivity index (χ4n) is 7.68.